The van der Waals surface area contributed by atoms with Crippen molar-refractivity contribution in [3.8, 4) is 0 Å². The SMILES string of the molecule is CC=CC=C(C)CN(C(=O)CN(Cc1ccc(Cl)cc1)Sc1c(F)c(F)c(F)c(F)c1F)c1ccc(C(=O)O)cc1. The second kappa shape index (κ2) is 14.3. The van der Waals surface area contributed by atoms with Crippen molar-refractivity contribution in [1.29, 1.82) is 0 Å². The number of rotatable bonds is 11. The number of benzene rings is 3. The standard InChI is InChI=1S/C29H24ClF5N2O3S/c1-3-4-5-17(2)14-37(21-12-8-19(9-13-21)29(39)40)22(38)16-36(15-18-6-10-20(30)11-7-18)41-28-26(34)24(32)23(31)25(33)27(28)35/h3-13H,14-16H2,1-2H3,(H,39,40). The number of anilines is 1. The van der Waals surface area contributed by atoms with Crippen LogP contribution < -0.4 is 4.90 Å². The molecule has 0 heterocycles. The van der Waals surface area contributed by atoms with Crippen LogP contribution in [0.4, 0.5) is 27.6 Å². The van der Waals surface area contributed by atoms with Crippen molar-refractivity contribution in [3.05, 3.63) is 118 Å². The molecule has 3 aromatic carbocycles. The summed E-state index contributed by atoms with van der Waals surface area (Å²) in [5.41, 5.74) is 1.62. The Morgan fingerprint density at radius 2 is 1.44 bits per heavy atom. The summed E-state index contributed by atoms with van der Waals surface area (Å²) in [5, 5.41) is 9.64. The normalized spacial score (nSPS) is 11.9. The van der Waals surface area contributed by atoms with Gasteiger partial charge in [0.25, 0.3) is 0 Å². The molecule has 0 saturated carbocycles. The summed E-state index contributed by atoms with van der Waals surface area (Å²) in [5.74, 6) is -12.3. The van der Waals surface area contributed by atoms with Gasteiger partial charge in [-0.15, -0.1) is 0 Å². The summed E-state index contributed by atoms with van der Waals surface area (Å²) < 4.78 is 71.8. The largest absolute Gasteiger partial charge is 0.478 e. The fourth-order valence-electron chi connectivity index (χ4n) is 3.61. The molecule has 0 bridgehead atoms. The van der Waals surface area contributed by atoms with Gasteiger partial charge in [-0.25, -0.2) is 31.1 Å². The molecule has 1 N–H and O–H groups in total. The van der Waals surface area contributed by atoms with Crippen LogP contribution in [-0.2, 0) is 11.3 Å². The number of carbonyl (C=O) groups is 2. The number of allylic oxidation sites excluding steroid dienone is 3. The average molecular weight is 611 g/mol. The first-order valence-electron chi connectivity index (χ1n) is 12.0. The average Bonchev–Trinajstić information content (AvgIpc) is 2.96. The molecule has 0 aliphatic rings. The van der Waals surface area contributed by atoms with Crippen LogP contribution >= 0.6 is 23.5 Å². The first kappa shape index (κ1) is 31.9. The summed E-state index contributed by atoms with van der Waals surface area (Å²) in [7, 11) is 0. The maximum Gasteiger partial charge on any atom is 0.335 e. The zero-order chi connectivity index (χ0) is 30.3. The highest BCUT2D eigenvalue weighted by molar-refractivity contribution is 7.97. The predicted octanol–water partition coefficient (Wildman–Crippen LogP) is 7.80. The van der Waals surface area contributed by atoms with Crippen LogP contribution in [0.5, 0.6) is 0 Å². The Labute approximate surface area is 242 Å². The number of hydrogen-bond donors (Lipinski definition) is 1. The highest BCUT2D eigenvalue weighted by Gasteiger charge is 2.29. The summed E-state index contributed by atoms with van der Waals surface area (Å²) in [6.45, 7) is 2.98. The van der Waals surface area contributed by atoms with Gasteiger partial charge in [0.05, 0.1) is 12.1 Å². The fourth-order valence-corrected chi connectivity index (χ4v) is 4.73. The van der Waals surface area contributed by atoms with Crippen LogP contribution in [-0.4, -0.2) is 34.4 Å². The lowest BCUT2D eigenvalue weighted by atomic mass is 10.1. The molecule has 3 aromatic rings. The van der Waals surface area contributed by atoms with E-state index in [1.54, 1.807) is 49.4 Å². The molecule has 0 fully saturated rings. The molecule has 12 heteroatoms. The molecule has 3 rings (SSSR count). The maximum absolute atomic E-state index is 14.6. The third kappa shape index (κ3) is 8.18. The number of nitrogens with zero attached hydrogens (tertiary/aromatic N) is 2. The van der Waals surface area contributed by atoms with E-state index in [2.05, 4.69) is 0 Å². The van der Waals surface area contributed by atoms with Crippen molar-refractivity contribution in [2.24, 2.45) is 0 Å². The molecule has 0 atom stereocenters. The molecule has 41 heavy (non-hydrogen) atoms. The number of halogens is 6. The fraction of sp³-hybridized carbons (Fsp3) is 0.172. The first-order valence-corrected chi connectivity index (χ1v) is 13.2. The molecule has 0 aliphatic heterocycles. The van der Waals surface area contributed by atoms with E-state index in [0.29, 0.717) is 16.3 Å². The molecule has 0 aromatic heterocycles. The Bertz CT molecular complexity index is 1450. The molecule has 0 saturated heterocycles. The third-order valence-electron chi connectivity index (χ3n) is 5.68. The van der Waals surface area contributed by atoms with Gasteiger partial charge in [-0.1, -0.05) is 47.5 Å². The van der Waals surface area contributed by atoms with Gasteiger partial charge in [0.15, 0.2) is 23.3 Å². The summed E-state index contributed by atoms with van der Waals surface area (Å²) in [4.78, 5) is 25.1. The monoisotopic (exact) mass is 610 g/mol. The quantitative estimate of drug-likeness (QED) is 0.0789. The van der Waals surface area contributed by atoms with Gasteiger partial charge in [-0.05, 0) is 67.8 Å². The van der Waals surface area contributed by atoms with E-state index < -0.39 is 52.4 Å². The molecule has 0 aliphatic carbocycles. The number of carboxylic acid groups (broad SMARTS) is 1. The van der Waals surface area contributed by atoms with E-state index in [1.807, 2.05) is 6.92 Å². The van der Waals surface area contributed by atoms with Gasteiger partial charge < -0.3 is 10.0 Å². The van der Waals surface area contributed by atoms with Gasteiger partial charge in [0.1, 0.15) is 4.90 Å². The zero-order valence-electron chi connectivity index (χ0n) is 21.8. The van der Waals surface area contributed by atoms with E-state index in [0.717, 1.165) is 9.88 Å². The van der Waals surface area contributed by atoms with Crippen LogP contribution in [0.15, 0.2) is 77.2 Å². The molecular formula is C29H24ClF5N2O3S. The first-order chi connectivity index (χ1) is 19.4. The molecule has 0 radical (unpaired) electrons. The maximum atomic E-state index is 14.6. The number of amides is 1. The van der Waals surface area contributed by atoms with Crippen molar-refractivity contribution in [2.75, 3.05) is 18.0 Å². The summed E-state index contributed by atoms with van der Waals surface area (Å²) in [6, 6.07) is 11.8. The number of carbonyl (C=O) groups excluding carboxylic acids is 1. The van der Waals surface area contributed by atoms with Crippen LogP contribution in [0.2, 0.25) is 5.02 Å². The van der Waals surface area contributed by atoms with Crippen LogP contribution in [0, 0.1) is 29.1 Å². The van der Waals surface area contributed by atoms with Crippen LogP contribution in [0.3, 0.4) is 0 Å². The van der Waals surface area contributed by atoms with Crippen LogP contribution in [0.25, 0.3) is 0 Å². The smallest absolute Gasteiger partial charge is 0.335 e. The van der Waals surface area contributed by atoms with Crippen molar-refractivity contribution < 1.29 is 36.6 Å². The Morgan fingerprint density at radius 1 is 0.878 bits per heavy atom. The summed E-state index contributed by atoms with van der Waals surface area (Å²) >= 11 is 6.14. The second-order valence-corrected chi connectivity index (χ2v) is 10.3. The number of carboxylic acids is 1. The minimum absolute atomic E-state index is 0.00596. The van der Waals surface area contributed by atoms with E-state index in [-0.39, 0.29) is 30.6 Å². The van der Waals surface area contributed by atoms with Gasteiger partial charge >= 0.3 is 5.97 Å². The third-order valence-corrected chi connectivity index (χ3v) is 6.99. The Balaban J connectivity index is 2.01. The van der Waals surface area contributed by atoms with Gasteiger partial charge in [-0.2, -0.15) is 0 Å². The molecular weight excluding hydrogens is 587 g/mol. The number of hydrogen-bond acceptors (Lipinski definition) is 4. The van der Waals surface area contributed by atoms with Crippen molar-refractivity contribution >= 4 is 41.1 Å². The predicted molar refractivity (Wildman–Crippen MR) is 148 cm³/mol. The molecule has 1 amide bonds. The van der Waals surface area contributed by atoms with Crippen molar-refractivity contribution in [1.82, 2.24) is 4.31 Å². The Hall–Kier alpha value is -3.67. The zero-order valence-corrected chi connectivity index (χ0v) is 23.4. The van der Waals surface area contributed by atoms with Crippen molar-refractivity contribution in [2.45, 2.75) is 25.3 Å². The topological polar surface area (TPSA) is 60.9 Å². The van der Waals surface area contributed by atoms with E-state index in [4.69, 9.17) is 11.6 Å². The lowest BCUT2D eigenvalue weighted by Crippen LogP contribution is -2.39. The summed E-state index contributed by atoms with van der Waals surface area (Å²) in [6.07, 6.45) is 5.31. The molecule has 5 nitrogen and oxygen atoms in total. The van der Waals surface area contributed by atoms with Gasteiger partial charge in [-0.3, -0.25) is 4.79 Å². The lowest BCUT2D eigenvalue weighted by molar-refractivity contribution is -0.118. The van der Waals surface area contributed by atoms with E-state index in [1.165, 1.54) is 29.2 Å². The van der Waals surface area contributed by atoms with Gasteiger partial charge in [0.2, 0.25) is 11.7 Å². The van der Waals surface area contributed by atoms with E-state index >= 15 is 0 Å². The minimum Gasteiger partial charge on any atom is -0.478 e. The van der Waals surface area contributed by atoms with E-state index in [9.17, 15) is 36.6 Å². The highest BCUT2D eigenvalue weighted by atomic mass is 35.5. The highest BCUT2D eigenvalue weighted by Crippen LogP contribution is 2.34. The Morgan fingerprint density at radius 3 is 1.98 bits per heavy atom. The molecule has 216 valence electrons. The molecule has 0 spiro atoms. The van der Waals surface area contributed by atoms with Crippen LogP contribution in [0.1, 0.15) is 29.8 Å². The Kier molecular flexibility index (Phi) is 11.1. The number of aromatic carboxylic acids is 1. The second-order valence-electron chi connectivity index (χ2n) is 8.79. The van der Waals surface area contributed by atoms with Gasteiger partial charge in [0, 0.05) is 23.8 Å². The molecule has 0 unspecified atom stereocenters. The lowest BCUT2D eigenvalue weighted by Gasteiger charge is -2.28. The minimum atomic E-state index is -2.29. The van der Waals surface area contributed by atoms with Crippen molar-refractivity contribution in [3.63, 3.8) is 0 Å².